The number of benzene rings is 1. The highest BCUT2D eigenvalue weighted by atomic mass is 19.1. The van der Waals surface area contributed by atoms with Crippen LogP contribution in [0.2, 0.25) is 0 Å². The summed E-state index contributed by atoms with van der Waals surface area (Å²) in [6, 6.07) is 9.76. The zero-order valence-electron chi connectivity index (χ0n) is 16.3. The molecule has 2 aliphatic rings. The lowest BCUT2D eigenvalue weighted by Gasteiger charge is -2.14. The summed E-state index contributed by atoms with van der Waals surface area (Å²) in [6.45, 7) is 0. The largest absolute Gasteiger partial charge is 0.356 e. The molecular weight excluding hydrogens is 383 g/mol. The van der Waals surface area contributed by atoms with Crippen LogP contribution in [-0.2, 0) is 11.2 Å². The Morgan fingerprint density at radius 3 is 2.83 bits per heavy atom. The van der Waals surface area contributed by atoms with E-state index in [1.54, 1.807) is 24.4 Å². The average Bonchev–Trinajstić information content (AvgIpc) is 3.51. The summed E-state index contributed by atoms with van der Waals surface area (Å²) in [5.74, 6) is 0.245. The fourth-order valence-electron chi connectivity index (χ4n) is 3.88. The van der Waals surface area contributed by atoms with Gasteiger partial charge < -0.3 is 15.6 Å². The summed E-state index contributed by atoms with van der Waals surface area (Å²) in [7, 11) is 0. The molecule has 1 amide bonds. The van der Waals surface area contributed by atoms with Crippen LogP contribution in [0.3, 0.4) is 0 Å². The highest BCUT2D eigenvalue weighted by Gasteiger charge is 2.30. The van der Waals surface area contributed by atoms with Crippen molar-refractivity contribution in [3.63, 3.8) is 0 Å². The van der Waals surface area contributed by atoms with Gasteiger partial charge in [-0.3, -0.25) is 9.59 Å². The Morgan fingerprint density at radius 2 is 2.03 bits per heavy atom. The van der Waals surface area contributed by atoms with Gasteiger partial charge in [0.2, 0.25) is 5.91 Å². The molecule has 2 heterocycles. The van der Waals surface area contributed by atoms with Gasteiger partial charge in [0.05, 0.1) is 16.9 Å². The smallest absolute Gasteiger partial charge is 0.228 e. The number of H-pyrrole nitrogens is 1. The van der Waals surface area contributed by atoms with E-state index in [1.165, 1.54) is 12.1 Å². The summed E-state index contributed by atoms with van der Waals surface area (Å²) < 4.78 is 13.7. The molecule has 30 heavy (non-hydrogen) atoms. The Balaban J connectivity index is 1.56. The highest BCUT2D eigenvalue weighted by Crippen LogP contribution is 2.39. The zero-order valence-corrected chi connectivity index (χ0v) is 16.3. The minimum atomic E-state index is -0.355. The number of carbonyl (C=O) groups excluding carboxylic acids is 2. The van der Waals surface area contributed by atoms with Gasteiger partial charge in [0.15, 0.2) is 5.78 Å². The molecule has 5 rings (SSSR count). The van der Waals surface area contributed by atoms with Crippen LogP contribution in [0.5, 0.6) is 0 Å². The second kappa shape index (κ2) is 7.40. The molecule has 3 aromatic rings. The molecule has 0 aliphatic heterocycles. The third-order valence-electron chi connectivity index (χ3n) is 5.53. The molecular formula is C23H21FN4O2. The number of aromatic amines is 1. The van der Waals surface area contributed by atoms with Gasteiger partial charge in [-0.2, -0.15) is 0 Å². The minimum absolute atomic E-state index is 0.0151. The van der Waals surface area contributed by atoms with Gasteiger partial charge in [0.25, 0.3) is 0 Å². The van der Waals surface area contributed by atoms with Gasteiger partial charge >= 0.3 is 0 Å². The van der Waals surface area contributed by atoms with Gasteiger partial charge in [-0.15, -0.1) is 0 Å². The molecule has 0 atom stereocenters. The van der Waals surface area contributed by atoms with E-state index < -0.39 is 0 Å². The number of nitrogens with zero attached hydrogens (tertiary/aromatic N) is 1. The van der Waals surface area contributed by atoms with Crippen molar-refractivity contribution in [1.29, 1.82) is 0 Å². The maximum atomic E-state index is 13.7. The maximum absolute atomic E-state index is 13.7. The van der Waals surface area contributed by atoms with Crippen molar-refractivity contribution >= 4 is 28.9 Å². The van der Waals surface area contributed by atoms with Gasteiger partial charge in [0, 0.05) is 35.5 Å². The summed E-state index contributed by atoms with van der Waals surface area (Å²) in [5.41, 5.74) is 4.21. The quantitative estimate of drug-likeness (QED) is 0.569. The number of Topliss-reactive ketones (excluding diaryl/α,β-unsaturated/α-hetero) is 1. The first-order chi connectivity index (χ1) is 14.6. The van der Waals surface area contributed by atoms with Crippen LogP contribution in [0.15, 0.2) is 42.6 Å². The molecule has 0 bridgehead atoms. The van der Waals surface area contributed by atoms with Crippen molar-refractivity contribution in [3.05, 3.63) is 59.7 Å². The fraction of sp³-hybridized carbons (Fsp3) is 0.261. The first-order valence-corrected chi connectivity index (χ1v) is 10.2. The van der Waals surface area contributed by atoms with E-state index in [4.69, 9.17) is 0 Å². The number of hydrogen-bond donors (Lipinski definition) is 3. The maximum Gasteiger partial charge on any atom is 0.228 e. The molecule has 1 aromatic carbocycles. The number of rotatable bonds is 5. The molecule has 6 nitrogen and oxygen atoms in total. The topological polar surface area (TPSA) is 86.9 Å². The second-order valence-corrected chi connectivity index (χ2v) is 7.83. The van der Waals surface area contributed by atoms with E-state index in [0.29, 0.717) is 29.2 Å². The number of hydrogen-bond acceptors (Lipinski definition) is 4. The van der Waals surface area contributed by atoms with Gasteiger partial charge in [-0.05, 0) is 56.0 Å². The Kier molecular flexibility index (Phi) is 4.58. The van der Waals surface area contributed by atoms with Crippen LogP contribution in [0.25, 0.3) is 11.3 Å². The molecule has 1 fully saturated rings. The highest BCUT2D eigenvalue weighted by molar-refractivity contribution is 6.07. The third kappa shape index (κ3) is 3.58. The standard InChI is InChI=1S/C23H21FN4O2/c24-15-3-1-4-16(12-15)26-22-20-17(5-2-6-18(20)29)27-21(22)14-9-10-25-19(11-14)28-23(30)13-7-8-13/h1,3-4,9-13,26-27H,2,5-8H2,(H,25,28,30). The van der Waals surface area contributed by atoms with Gasteiger partial charge in [-0.25, -0.2) is 9.37 Å². The fourth-order valence-corrected chi connectivity index (χ4v) is 3.88. The van der Waals surface area contributed by atoms with Crippen molar-refractivity contribution in [1.82, 2.24) is 9.97 Å². The van der Waals surface area contributed by atoms with Crippen LogP contribution < -0.4 is 10.6 Å². The summed E-state index contributed by atoms with van der Waals surface area (Å²) in [6.07, 6.45) is 5.52. The Morgan fingerprint density at radius 1 is 1.17 bits per heavy atom. The predicted molar refractivity (Wildman–Crippen MR) is 112 cm³/mol. The summed E-state index contributed by atoms with van der Waals surface area (Å²) >= 11 is 0. The van der Waals surface area contributed by atoms with Crippen LogP contribution in [-0.4, -0.2) is 21.7 Å². The minimum Gasteiger partial charge on any atom is -0.356 e. The number of pyridine rings is 1. The first kappa shape index (κ1) is 18.5. The van der Waals surface area contributed by atoms with Crippen LogP contribution in [0, 0.1) is 11.7 Å². The zero-order chi connectivity index (χ0) is 20.7. The van der Waals surface area contributed by atoms with Gasteiger partial charge in [0.1, 0.15) is 11.6 Å². The third-order valence-corrected chi connectivity index (χ3v) is 5.53. The molecule has 2 aromatic heterocycles. The van der Waals surface area contributed by atoms with Crippen molar-refractivity contribution in [2.75, 3.05) is 10.6 Å². The molecule has 0 unspecified atom stereocenters. The molecule has 1 saturated carbocycles. The monoisotopic (exact) mass is 404 g/mol. The van der Waals surface area contributed by atoms with E-state index in [-0.39, 0.29) is 23.4 Å². The van der Waals surface area contributed by atoms with Crippen LogP contribution in [0.1, 0.15) is 41.7 Å². The molecule has 0 radical (unpaired) electrons. The first-order valence-electron chi connectivity index (χ1n) is 10.2. The van der Waals surface area contributed by atoms with E-state index >= 15 is 0 Å². The normalized spacial score (nSPS) is 15.6. The molecule has 3 N–H and O–H groups in total. The van der Waals surface area contributed by atoms with Gasteiger partial charge in [-0.1, -0.05) is 6.07 Å². The van der Waals surface area contributed by atoms with Crippen molar-refractivity contribution in [3.8, 4) is 11.3 Å². The lowest BCUT2D eigenvalue weighted by Crippen LogP contribution is -2.14. The lowest BCUT2D eigenvalue weighted by atomic mass is 9.95. The Labute approximate surface area is 172 Å². The average molecular weight is 404 g/mol. The van der Waals surface area contributed by atoms with E-state index in [9.17, 15) is 14.0 Å². The Hall–Kier alpha value is -3.48. The number of amides is 1. The SMILES string of the molecule is O=C1CCCc2[nH]c(-c3ccnc(NC(=O)C4CC4)c3)c(Nc3cccc(F)c3)c21. The van der Waals surface area contributed by atoms with E-state index in [0.717, 1.165) is 42.6 Å². The predicted octanol–water partition coefficient (Wildman–Crippen LogP) is 4.83. The number of halogens is 1. The number of anilines is 3. The molecule has 0 saturated heterocycles. The van der Waals surface area contributed by atoms with Crippen LogP contribution in [0.4, 0.5) is 21.6 Å². The number of nitrogens with one attached hydrogen (secondary N) is 3. The van der Waals surface area contributed by atoms with Crippen molar-refractivity contribution in [2.45, 2.75) is 32.1 Å². The molecule has 7 heteroatoms. The lowest BCUT2D eigenvalue weighted by molar-refractivity contribution is -0.117. The van der Waals surface area contributed by atoms with Crippen molar-refractivity contribution in [2.24, 2.45) is 5.92 Å². The Bertz CT molecular complexity index is 1150. The number of aromatic nitrogens is 2. The molecule has 0 spiro atoms. The second-order valence-electron chi connectivity index (χ2n) is 7.83. The molecule has 152 valence electrons. The van der Waals surface area contributed by atoms with Crippen molar-refractivity contribution < 1.29 is 14.0 Å². The van der Waals surface area contributed by atoms with E-state index in [2.05, 4.69) is 20.6 Å². The van der Waals surface area contributed by atoms with E-state index in [1.807, 2.05) is 6.07 Å². The number of aryl methyl sites for hydroxylation is 1. The van der Waals surface area contributed by atoms with Crippen LogP contribution >= 0.6 is 0 Å². The number of ketones is 1. The summed E-state index contributed by atoms with van der Waals surface area (Å²) in [5, 5.41) is 6.10. The molecule has 2 aliphatic carbocycles. The summed E-state index contributed by atoms with van der Waals surface area (Å²) in [4.78, 5) is 32.4. The number of fused-ring (bicyclic) bond motifs is 1. The number of carbonyl (C=O) groups is 2.